The number of urea groups is 1. The van der Waals surface area contributed by atoms with Crippen LogP contribution in [0.2, 0.25) is 0 Å². The van der Waals surface area contributed by atoms with E-state index in [1.807, 2.05) is 28.7 Å². The largest absolute Gasteiger partial charge is 0.355 e. The Balaban J connectivity index is 1.15. The highest BCUT2D eigenvalue weighted by atomic mass is 32.1. The van der Waals surface area contributed by atoms with Crippen LogP contribution in [-0.2, 0) is 0 Å². The van der Waals surface area contributed by atoms with Crippen molar-refractivity contribution >= 4 is 55.6 Å². The predicted molar refractivity (Wildman–Crippen MR) is 158 cm³/mol. The normalized spacial score (nSPS) is 13.9. The Kier molecular flexibility index (Phi) is 8.55. The van der Waals surface area contributed by atoms with Gasteiger partial charge in [-0.3, -0.25) is 0 Å². The number of nitrogens with one attached hydrogen (secondary N) is 3. The molecule has 3 aromatic heterocycles. The van der Waals surface area contributed by atoms with E-state index in [-0.39, 0.29) is 6.03 Å². The molecular formula is C29H37N7OS. The number of amides is 2. The van der Waals surface area contributed by atoms with Gasteiger partial charge in [0.2, 0.25) is 0 Å². The van der Waals surface area contributed by atoms with Crippen molar-refractivity contribution in [2.45, 2.75) is 39.0 Å². The van der Waals surface area contributed by atoms with E-state index in [1.165, 1.54) is 18.4 Å². The van der Waals surface area contributed by atoms with Crippen LogP contribution >= 0.6 is 11.3 Å². The highest BCUT2D eigenvalue weighted by Crippen LogP contribution is 2.31. The van der Waals surface area contributed by atoms with Crippen LogP contribution in [-0.4, -0.2) is 70.6 Å². The number of carbonyl (C=O) groups is 1. The van der Waals surface area contributed by atoms with Crippen molar-refractivity contribution < 1.29 is 4.79 Å². The zero-order chi connectivity index (χ0) is 26.3. The molecule has 0 unspecified atom stereocenters. The Labute approximate surface area is 228 Å². The summed E-state index contributed by atoms with van der Waals surface area (Å²) in [5.74, 6) is 0. The molecule has 0 fully saturated rings. The zero-order valence-corrected chi connectivity index (χ0v) is 23.1. The van der Waals surface area contributed by atoms with E-state index in [0.717, 1.165) is 77.2 Å². The summed E-state index contributed by atoms with van der Waals surface area (Å²) < 4.78 is 1.16. The van der Waals surface area contributed by atoms with Crippen LogP contribution in [0.5, 0.6) is 0 Å². The number of fused-ring (bicyclic) bond motifs is 2. The number of benzene rings is 1. The molecule has 1 aliphatic rings. The van der Waals surface area contributed by atoms with Gasteiger partial charge in [0, 0.05) is 42.6 Å². The van der Waals surface area contributed by atoms with Crippen LogP contribution in [0.15, 0.2) is 48.1 Å². The van der Waals surface area contributed by atoms with E-state index in [4.69, 9.17) is 0 Å². The van der Waals surface area contributed by atoms with Gasteiger partial charge in [0.25, 0.3) is 0 Å². The van der Waals surface area contributed by atoms with Crippen LogP contribution in [0.25, 0.3) is 26.8 Å². The monoisotopic (exact) mass is 531 g/mol. The first-order valence-corrected chi connectivity index (χ1v) is 14.5. The van der Waals surface area contributed by atoms with Gasteiger partial charge < -0.3 is 25.4 Å². The number of rotatable bonds is 11. The number of carbonyl (C=O) groups excluding carboxylic acids is 1. The maximum Gasteiger partial charge on any atom is 0.317 e. The molecule has 9 heteroatoms. The molecule has 3 N–H and O–H groups in total. The van der Waals surface area contributed by atoms with Gasteiger partial charge in [0.05, 0.1) is 21.4 Å². The first-order chi connectivity index (χ1) is 18.6. The average Bonchev–Trinajstić information content (AvgIpc) is 3.58. The number of hydrogen-bond donors (Lipinski definition) is 3. The van der Waals surface area contributed by atoms with Gasteiger partial charge in [-0.25, -0.2) is 14.8 Å². The Bertz CT molecular complexity index is 1410. The summed E-state index contributed by atoms with van der Waals surface area (Å²) in [5, 5.41) is 7.69. The maximum absolute atomic E-state index is 12.6. The molecule has 4 heterocycles. The van der Waals surface area contributed by atoms with Crippen molar-refractivity contribution in [2.75, 3.05) is 45.1 Å². The smallest absolute Gasteiger partial charge is 0.317 e. The lowest BCUT2D eigenvalue weighted by molar-refractivity contribution is 0.203. The lowest BCUT2D eigenvalue weighted by Crippen LogP contribution is -2.42. The molecule has 0 atom stereocenters. The van der Waals surface area contributed by atoms with Crippen LogP contribution < -0.4 is 10.6 Å². The van der Waals surface area contributed by atoms with Crippen LogP contribution in [0.1, 0.15) is 44.7 Å². The fourth-order valence-electron chi connectivity index (χ4n) is 4.98. The van der Waals surface area contributed by atoms with Gasteiger partial charge in [-0.1, -0.05) is 19.4 Å². The molecule has 2 amide bonds. The average molecular weight is 532 g/mol. The highest BCUT2D eigenvalue weighted by molar-refractivity contribution is 7.16. The minimum Gasteiger partial charge on any atom is -0.355 e. The van der Waals surface area contributed by atoms with E-state index < -0.39 is 0 Å². The molecule has 38 heavy (non-hydrogen) atoms. The number of anilines is 2. The highest BCUT2D eigenvalue weighted by Gasteiger charge is 2.19. The Morgan fingerprint density at radius 2 is 2.08 bits per heavy atom. The summed E-state index contributed by atoms with van der Waals surface area (Å²) in [4.78, 5) is 29.3. The first kappa shape index (κ1) is 26.2. The van der Waals surface area contributed by atoms with Crippen LogP contribution in [0, 0.1) is 0 Å². The molecule has 4 aromatic rings. The van der Waals surface area contributed by atoms with Crippen LogP contribution in [0.3, 0.4) is 0 Å². The molecule has 0 radical (unpaired) electrons. The fraction of sp³-hybridized carbons (Fsp3) is 0.414. The Morgan fingerprint density at radius 3 is 2.92 bits per heavy atom. The summed E-state index contributed by atoms with van der Waals surface area (Å²) in [7, 11) is 2.18. The summed E-state index contributed by atoms with van der Waals surface area (Å²) in [6, 6.07) is 10.4. The Hall–Kier alpha value is -3.43. The number of aromatic nitrogens is 3. The van der Waals surface area contributed by atoms with E-state index in [1.54, 1.807) is 11.3 Å². The lowest BCUT2D eigenvalue weighted by Gasteiger charge is -2.26. The van der Waals surface area contributed by atoms with Gasteiger partial charge in [-0.15, -0.1) is 11.3 Å². The quantitative estimate of drug-likeness (QED) is 0.200. The number of H-pyrrole nitrogens is 1. The summed E-state index contributed by atoms with van der Waals surface area (Å²) in [5.41, 5.74) is 8.06. The molecule has 0 saturated carbocycles. The number of aromatic amines is 1. The van der Waals surface area contributed by atoms with E-state index in [2.05, 4.69) is 68.7 Å². The van der Waals surface area contributed by atoms with Crippen molar-refractivity contribution in [2.24, 2.45) is 0 Å². The summed E-state index contributed by atoms with van der Waals surface area (Å²) in [6.45, 7) is 6.56. The SMILES string of the molecule is CCCN(C)CCCCCNC(=O)N1CC=C(c2cc3c(Nc4ccc5ncsc5c4)ccnc3[nH]2)CC1. The predicted octanol–water partition coefficient (Wildman–Crippen LogP) is 6.23. The zero-order valence-electron chi connectivity index (χ0n) is 22.3. The van der Waals surface area contributed by atoms with Crippen molar-refractivity contribution in [1.29, 1.82) is 0 Å². The summed E-state index contributed by atoms with van der Waals surface area (Å²) in [6.07, 6.45) is 9.33. The molecule has 8 nitrogen and oxygen atoms in total. The second-order valence-electron chi connectivity index (χ2n) is 9.98. The third-order valence-electron chi connectivity index (χ3n) is 7.08. The molecule has 200 valence electrons. The van der Waals surface area contributed by atoms with Crippen molar-refractivity contribution in [3.8, 4) is 0 Å². The molecule has 0 bridgehead atoms. The molecule has 1 aromatic carbocycles. The van der Waals surface area contributed by atoms with Crippen molar-refractivity contribution in [1.82, 2.24) is 30.1 Å². The third kappa shape index (κ3) is 6.34. The van der Waals surface area contributed by atoms with Crippen molar-refractivity contribution in [3.63, 3.8) is 0 Å². The van der Waals surface area contributed by atoms with Crippen LogP contribution in [0.4, 0.5) is 16.2 Å². The molecule has 1 aliphatic heterocycles. The Morgan fingerprint density at radius 1 is 1.16 bits per heavy atom. The molecule has 0 aliphatic carbocycles. The standard InChI is InChI=1S/C29H37N7OS/c1-3-14-35(2)15-6-4-5-12-31-29(37)36-16-10-21(11-17-36)26-19-23-24(9-13-30-28(23)34-26)33-22-7-8-25-27(18-22)38-20-32-25/h7-10,13,18-20H,3-6,11-12,14-17H2,1-2H3,(H,31,37)(H2,30,33,34). The minimum atomic E-state index is 0.0334. The number of unbranched alkanes of at least 4 members (excludes halogenated alkanes) is 2. The topological polar surface area (TPSA) is 89.2 Å². The first-order valence-electron chi connectivity index (χ1n) is 13.6. The number of thiazole rings is 1. The number of hydrogen-bond acceptors (Lipinski definition) is 6. The number of pyridine rings is 1. The summed E-state index contributed by atoms with van der Waals surface area (Å²) >= 11 is 1.64. The van der Waals surface area contributed by atoms with E-state index >= 15 is 0 Å². The second kappa shape index (κ2) is 12.4. The van der Waals surface area contributed by atoms with Gasteiger partial charge in [0.1, 0.15) is 5.65 Å². The van der Waals surface area contributed by atoms with Gasteiger partial charge in [-0.05, 0) is 81.7 Å². The molecule has 0 spiro atoms. The molecule has 5 rings (SSSR count). The maximum atomic E-state index is 12.6. The van der Waals surface area contributed by atoms with Gasteiger partial charge in [0.15, 0.2) is 0 Å². The molecular weight excluding hydrogens is 494 g/mol. The number of nitrogens with zero attached hydrogens (tertiary/aromatic N) is 4. The van der Waals surface area contributed by atoms with Gasteiger partial charge >= 0.3 is 6.03 Å². The fourth-order valence-corrected chi connectivity index (χ4v) is 5.70. The third-order valence-corrected chi connectivity index (χ3v) is 7.87. The molecule has 0 saturated heterocycles. The lowest BCUT2D eigenvalue weighted by atomic mass is 10.0. The second-order valence-corrected chi connectivity index (χ2v) is 10.9. The minimum absolute atomic E-state index is 0.0334. The van der Waals surface area contributed by atoms with Gasteiger partial charge in [-0.2, -0.15) is 0 Å². The van der Waals surface area contributed by atoms with Crippen molar-refractivity contribution in [3.05, 3.63) is 53.8 Å². The van der Waals surface area contributed by atoms with E-state index in [9.17, 15) is 4.79 Å². The van der Waals surface area contributed by atoms with E-state index in [0.29, 0.717) is 13.1 Å².